The van der Waals surface area contributed by atoms with Gasteiger partial charge in [0.25, 0.3) is 0 Å². The molecule has 2 aromatic carbocycles. The van der Waals surface area contributed by atoms with Crippen LogP contribution in [0.3, 0.4) is 0 Å². The largest absolute Gasteiger partial charge is 0.356 e. The third kappa shape index (κ3) is 5.29. The molecule has 1 amide bonds. The molecule has 0 bridgehead atoms. The molecule has 0 spiro atoms. The Hall–Kier alpha value is -1.55. The van der Waals surface area contributed by atoms with Crippen molar-refractivity contribution in [1.82, 2.24) is 5.32 Å². The minimum Gasteiger partial charge on any atom is -0.356 e. The second-order valence-corrected chi connectivity index (χ2v) is 11.9. The first kappa shape index (κ1) is 25.1. The molecule has 4 unspecified atom stereocenters. The van der Waals surface area contributed by atoms with Crippen LogP contribution in [-0.4, -0.2) is 18.2 Å². The molecule has 0 aliphatic heterocycles. The first-order valence-electron chi connectivity index (χ1n) is 12.9. The number of carbonyl (C=O) groups is 2. The van der Waals surface area contributed by atoms with Crippen LogP contribution in [0.5, 0.6) is 0 Å². The van der Waals surface area contributed by atoms with Gasteiger partial charge in [0, 0.05) is 39.4 Å². The highest BCUT2D eigenvalue weighted by Crippen LogP contribution is 2.52. The van der Waals surface area contributed by atoms with Crippen LogP contribution in [0.1, 0.15) is 74.3 Å². The van der Waals surface area contributed by atoms with Crippen LogP contribution < -0.4 is 5.32 Å². The third-order valence-corrected chi connectivity index (χ3v) is 9.49. The molecule has 3 aliphatic rings. The number of halogens is 3. The molecule has 5 rings (SSSR count). The topological polar surface area (TPSA) is 46.2 Å². The Bertz CT molecular complexity index is 1080. The predicted octanol–water partition coefficient (Wildman–Crippen LogP) is 7.83. The fourth-order valence-corrected chi connectivity index (χ4v) is 6.94. The van der Waals surface area contributed by atoms with Crippen LogP contribution in [0, 0.1) is 23.7 Å². The quantitative estimate of drug-likeness (QED) is 0.395. The Morgan fingerprint density at radius 1 is 0.800 bits per heavy atom. The number of carbonyl (C=O) groups excluding carboxylic acids is 2. The van der Waals surface area contributed by atoms with Crippen molar-refractivity contribution in [3.05, 3.63) is 68.7 Å². The second kappa shape index (κ2) is 10.8. The van der Waals surface area contributed by atoms with E-state index in [0.717, 1.165) is 62.5 Å². The van der Waals surface area contributed by atoms with E-state index in [0.29, 0.717) is 27.4 Å². The van der Waals surface area contributed by atoms with Crippen molar-refractivity contribution in [3.8, 4) is 0 Å². The van der Waals surface area contributed by atoms with Gasteiger partial charge in [0.2, 0.25) is 5.91 Å². The van der Waals surface area contributed by atoms with Gasteiger partial charge in [0.1, 0.15) is 5.78 Å². The van der Waals surface area contributed by atoms with Gasteiger partial charge in [0.05, 0.1) is 0 Å². The van der Waals surface area contributed by atoms with Gasteiger partial charge < -0.3 is 5.32 Å². The summed E-state index contributed by atoms with van der Waals surface area (Å²) >= 11 is 19.2. The van der Waals surface area contributed by atoms with Crippen LogP contribution in [0.25, 0.3) is 0 Å². The lowest BCUT2D eigenvalue weighted by Crippen LogP contribution is -2.46. The molecule has 3 aliphatic carbocycles. The monoisotopic (exact) mass is 531 g/mol. The van der Waals surface area contributed by atoms with E-state index >= 15 is 0 Å². The summed E-state index contributed by atoms with van der Waals surface area (Å²) in [6, 6.07) is 13.7. The summed E-state index contributed by atoms with van der Waals surface area (Å²) in [6.07, 6.45) is 7.85. The maximum atomic E-state index is 13.6. The van der Waals surface area contributed by atoms with E-state index in [1.54, 1.807) is 6.07 Å². The molecule has 3 nitrogen and oxygen atoms in total. The molecule has 0 heterocycles. The SMILES string of the molecule is O=C(NCC1C(C(=O)C2CCC2)CCC(c2ccc(Cl)cc2Cl)C1c1ccc(Cl)cc1)C1CCC1. The molecule has 0 radical (unpaired) electrons. The number of amides is 1. The molecule has 1 N–H and O–H groups in total. The normalized spacial score (nSPS) is 27.1. The van der Waals surface area contributed by atoms with Crippen LogP contribution >= 0.6 is 34.8 Å². The van der Waals surface area contributed by atoms with Crippen LogP contribution in [0.15, 0.2) is 42.5 Å². The Morgan fingerprint density at radius 2 is 1.46 bits per heavy atom. The van der Waals surface area contributed by atoms with Gasteiger partial charge in [-0.3, -0.25) is 9.59 Å². The van der Waals surface area contributed by atoms with Crippen molar-refractivity contribution < 1.29 is 9.59 Å². The molecule has 0 saturated heterocycles. The Labute approximate surface area is 222 Å². The number of rotatable bonds is 7. The lowest BCUT2D eigenvalue weighted by molar-refractivity contribution is -0.134. The fraction of sp³-hybridized carbons (Fsp3) is 0.517. The first-order valence-corrected chi connectivity index (χ1v) is 14.1. The molecule has 0 aromatic heterocycles. The molecular weight excluding hydrogens is 501 g/mol. The average molecular weight is 533 g/mol. The Morgan fingerprint density at radius 3 is 2.06 bits per heavy atom. The predicted molar refractivity (Wildman–Crippen MR) is 142 cm³/mol. The zero-order chi connectivity index (χ0) is 24.5. The number of hydrogen-bond acceptors (Lipinski definition) is 2. The van der Waals surface area contributed by atoms with E-state index in [-0.39, 0.29) is 41.4 Å². The zero-order valence-electron chi connectivity index (χ0n) is 19.8. The third-order valence-electron chi connectivity index (χ3n) is 8.68. The molecule has 35 heavy (non-hydrogen) atoms. The van der Waals surface area contributed by atoms with Gasteiger partial charge in [-0.1, -0.05) is 65.8 Å². The highest BCUT2D eigenvalue weighted by molar-refractivity contribution is 6.35. The standard InChI is InChI=1S/C29H32Cl3NO2/c30-20-9-7-17(8-10-20)27-23(22-12-11-21(31)15-26(22)32)13-14-24(28(34)18-3-1-4-18)25(27)16-33-29(35)19-5-2-6-19/h7-12,15,18-19,23-25,27H,1-6,13-14,16H2,(H,33,35). The molecule has 3 fully saturated rings. The minimum absolute atomic E-state index is 0.00111. The summed E-state index contributed by atoms with van der Waals surface area (Å²) in [6.45, 7) is 0.507. The van der Waals surface area contributed by atoms with E-state index in [9.17, 15) is 9.59 Å². The van der Waals surface area contributed by atoms with E-state index < -0.39 is 0 Å². The number of benzene rings is 2. The number of ketones is 1. The lowest BCUT2D eigenvalue weighted by atomic mass is 9.59. The highest BCUT2D eigenvalue weighted by Gasteiger charge is 2.46. The van der Waals surface area contributed by atoms with Gasteiger partial charge in [-0.2, -0.15) is 0 Å². The second-order valence-electron chi connectivity index (χ2n) is 10.6. The van der Waals surface area contributed by atoms with Gasteiger partial charge >= 0.3 is 0 Å². The van der Waals surface area contributed by atoms with Crippen LogP contribution in [-0.2, 0) is 9.59 Å². The summed E-state index contributed by atoms with van der Waals surface area (Å²) in [4.78, 5) is 26.5. The average Bonchev–Trinajstić information content (AvgIpc) is 2.75. The maximum Gasteiger partial charge on any atom is 0.223 e. The summed E-state index contributed by atoms with van der Waals surface area (Å²) in [5.74, 6) is 0.906. The molecule has 6 heteroatoms. The fourth-order valence-electron chi connectivity index (χ4n) is 6.27. The van der Waals surface area contributed by atoms with E-state index in [4.69, 9.17) is 34.8 Å². The maximum absolute atomic E-state index is 13.6. The van der Waals surface area contributed by atoms with Crippen molar-refractivity contribution in [2.24, 2.45) is 23.7 Å². The van der Waals surface area contributed by atoms with Crippen molar-refractivity contribution in [3.63, 3.8) is 0 Å². The lowest BCUT2D eigenvalue weighted by Gasteiger charge is -2.45. The highest BCUT2D eigenvalue weighted by atomic mass is 35.5. The summed E-state index contributed by atoms with van der Waals surface area (Å²) < 4.78 is 0. The van der Waals surface area contributed by atoms with Crippen molar-refractivity contribution in [2.45, 2.75) is 63.2 Å². The van der Waals surface area contributed by atoms with Gasteiger partial charge in [-0.15, -0.1) is 0 Å². The molecule has 3 saturated carbocycles. The summed E-state index contributed by atoms with van der Waals surface area (Å²) in [5, 5.41) is 5.20. The number of hydrogen-bond donors (Lipinski definition) is 1. The Balaban J connectivity index is 1.52. The molecular formula is C29H32Cl3NO2. The van der Waals surface area contributed by atoms with E-state index in [1.807, 2.05) is 24.3 Å². The Kier molecular flexibility index (Phi) is 7.77. The zero-order valence-corrected chi connectivity index (χ0v) is 22.1. The summed E-state index contributed by atoms with van der Waals surface area (Å²) in [5.41, 5.74) is 2.19. The first-order chi connectivity index (χ1) is 16.9. The number of nitrogens with one attached hydrogen (secondary N) is 1. The van der Waals surface area contributed by atoms with Gasteiger partial charge in [-0.05, 0) is 91.7 Å². The molecule has 186 valence electrons. The summed E-state index contributed by atoms with van der Waals surface area (Å²) in [7, 11) is 0. The number of Topliss-reactive ketones (excluding diaryl/α,β-unsaturated/α-hetero) is 1. The van der Waals surface area contributed by atoms with Crippen molar-refractivity contribution in [2.75, 3.05) is 6.54 Å². The van der Waals surface area contributed by atoms with E-state index in [1.165, 1.54) is 0 Å². The minimum atomic E-state index is -0.0648. The molecule has 4 atom stereocenters. The van der Waals surface area contributed by atoms with Crippen LogP contribution in [0.2, 0.25) is 15.1 Å². The van der Waals surface area contributed by atoms with Crippen molar-refractivity contribution >= 4 is 46.5 Å². The van der Waals surface area contributed by atoms with Crippen molar-refractivity contribution in [1.29, 1.82) is 0 Å². The molecule has 2 aromatic rings. The van der Waals surface area contributed by atoms with Gasteiger partial charge in [0.15, 0.2) is 0 Å². The smallest absolute Gasteiger partial charge is 0.223 e. The van der Waals surface area contributed by atoms with E-state index in [2.05, 4.69) is 17.4 Å². The van der Waals surface area contributed by atoms with Crippen LogP contribution in [0.4, 0.5) is 0 Å². The van der Waals surface area contributed by atoms with Gasteiger partial charge in [-0.25, -0.2) is 0 Å².